The molecule has 1 atom stereocenters. The van der Waals surface area contributed by atoms with Gasteiger partial charge in [-0.25, -0.2) is 0 Å². The van der Waals surface area contributed by atoms with Crippen LogP contribution in [0.1, 0.15) is 18.9 Å². The molecule has 7 heteroatoms. The molecule has 0 aromatic heterocycles. The van der Waals surface area contributed by atoms with Crippen LogP contribution in [-0.4, -0.2) is 38.7 Å². The summed E-state index contributed by atoms with van der Waals surface area (Å²) in [6.45, 7) is 3.70. The van der Waals surface area contributed by atoms with Gasteiger partial charge in [0.1, 0.15) is 12.3 Å². The Labute approximate surface area is 164 Å². The number of aryl methyl sites for hydroxylation is 1. The largest absolute Gasteiger partial charge is 0.493 e. The Morgan fingerprint density at radius 3 is 2.57 bits per heavy atom. The summed E-state index contributed by atoms with van der Waals surface area (Å²) in [6.07, 6.45) is -0.0657. The van der Waals surface area contributed by atoms with Crippen molar-refractivity contribution in [3.63, 3.8) is 0 Å². The highest BCUT2D eigenvalue weighted by molar-refractivity contribution is 6.06. The van der Waals surface area contributed by atoms with Gasteiger partial charge >= 0.3 is 0 Å². The van der Waals surface area contributed by atoms with Gasteiger partial charge in [0.2, 0.25) is 5.91 Å². The Morgan fingerprint density at radius 2 is 1.89 bits per heavy atom. The average Bonchev–Trinajstić information content (AvgIpc) is 2.70. The van der Waals surface area contributed by atoms with Crippen LogP contribution in [0.25, 0.3) is 0 Å². The van der Waals surface area contributed by atoms with Gasteiger partial charge in [-0.1, -0.05) is 13.0 Å². The van der Waals surface area contributed by atoms with E-state index < -0.39 is 6.10 Å². The number of fused-ring (bicyclic) bond motifs is 1. The van der Waals surface area contributed by atoms with Crippen LogP contribution in [0.3, 0.4) is 0 Å². The van der Waals surface area contributed by atoms with Crippen molar-refractivity contribution in [2.24, 2.45) is 0 Å². The molecule has 1 aliphatic rings. The first kappa shape index (κ1) is 19.5. The lowest BCUT2D eigenvalue weighted by molar-refractivity contribution is -0.128. The Kier molecular flexibility index (Phi) is 5.73. The van der Waals surface area contributed by atoms with Crippen LogP contribution in [0.4, 0.5) is 11.4 Å². The molecule has 0 fully saturated rings. The number of rotatable bonds is 6. The van der Waals surface area contributed by atoms with E-state index in [4.69, 9.17) is 14.2 Å². The smallest absolute Gasteiger partial charge is 0.268 e. The van der Waals surface area contributed by atoms with E-state index in [0.717, 1.165) is 5.56 Å². The van der Waals surface area contributed by atoms with E-state index in [2.05, 4.69) is 5.32 Å². The van der Waals surface area contributed by atoms with Crippen molar-refractivity contribution in [1.29, 1.82) is 0 Å². The van der Waals surface area contributed by atoms with Crippen LogP contribution < -0.4 is 24.4 Å². The maximum atomic E-state index is 12.8. The van der Waals surface area contributed by atoms with Gasteiger partial charge in [-0.15, -0.1) is 0 Å². The zero-order valence-electron chi connectivity index (χ0n) is 16.4. The van der Waals surface area contributed by atoms with E-state index in [1.165, 1.54) is 12.0 Å². The van der Waals surface area contributed by atoms with Gasteiger partial charge in [-0.3, -0.25) is 14.5 Å². The zero-order valence-corrected chi connectivity index (χ0v) is 16.4. The van der Waals surface area contributed by atoms with Gasteiger partial charge in [0.25, 0.3) is 5.91 Å². The Morgan fingerprint density at radius 1 is 1.14 bits per heavy atom. The van der Waals surface area contributed by atoms with E-state index in [1.807, 2.05) is 32.0 Å². The van der Waals surface area contributed by atoms with Crippen molar-refractivity contribution in [3.05, 3.63) is 42.0 Å². The molecule has 1 heterocycles. The fraction of sp³-hybridized carbons (Fsp3) is 0.333. The minimum absolute atomic E-state index is 0.108. The molecule has 3 rings (SSSR count). The number of anilines is 2. The number of carbonyl (C=O) groups excluding carboxylic acids is 2. The topological polar surface area (TPSA) is 77.1 Å². The number of nitrogens with zero attached hydrogens (tertiary/aromatic N) is 1. The molecule has 0 spiro atoms. The highest BCUT2D eigenvalue weighted by Crippen LogP contribution is 2.35. The first-order valence-corrected chi connectivity index (χ1v) is 9.07. The summed E-state index contributed by atoms with van der Waals surface area (Å²) in [5.41, 5.74) is 2.15. The molecule has 0 unspecified atom stereocenters. The van der Waals surface area contributed by atoms with Gasteiger partial charge in [-0.05, 0) is 43.2 Å². The summed E-state index contributed by atoms with van der Waals surface area (Å²) in [7, 11) is 3.07. The van der Waals surface area contributed by atoms with Crippen molar-refractivity contribution in [3.8, 4) is 17.2 Å². The highest BCUT2D eigenvalue weighted by atomic mass is 16.5. The first-order chi connectivity index (χ1) is 13.5. The third-order valence-electron chi connectivity index (χ3n) is 4.56. The van der Waals surface area contributed by atoms with E-state index in [-0.39, 0.29) is 18.4 Å². The molecule has 0 saturated carbocycles. The van der Waals surface area contributed by atoms with E-state index in [0.29, 0.717) is 35.0 Å². The molecule has 2 amide bonds. The Bertz CT molecular complexity index is 896. The second-order valence-electron chi connectivity index (χ2n) is 6.53. The minimum atomic E-state index is -0.593. The molecular weight excluding hydrogens is 360 g/mol. The lowest BCUT2D eigenvalue weighted by atomic mass is 10.1. The quantitative estimate of drug-likeness (QED) is 0.828. The van der Waals surface area contributed by atoms with Crippen LogP contribution in [-0.2, 0) is 9.59 Å². The van der Waals surface area contributed by atoms with E-state index >= 15 is 0 Å². The van der Waals surface area contributed by atoms with Gasteiger partial charge in [0, 0.05) is 11.8 Å². The third kappa shape index (κ3) is 3.88. The van der Waals surface area contributed by atoms with Crippen molar-refractivity contribution in [2.75, 3.05) is 31.0 Å². The van der Waals surface area contributed by atoms with Crippen LogP contribution in [0, 0.1) is 6.92 Å². The third-order valence-corrected chi connectivity index (χ3v) is 4.56. The van der Waals surface area contributed by atoms with E-state index in [1.54, 1.807) is 25.3 Å². The maximum Gasteiger partial charge on any atom is 0.268 e. The molecule has 1 aliphatic heterocycles. The second-order valence-corrected chi connectivity index (χ2v) is 6.53. The molecule has 0 saturated heterocycles. The fourth-order valence-corrected chi connectivity index (χ4v) is 3.11. The van der Waals surface area contributed by atoms with Crippen LogP contribution in [0.5, 0.6) is 17.2 Å². The number of nitrogens with one attached hydrogen (secondary N) is 1. The summed E-state index contributed by atoms with van der Waals surface area (Å²) < 4.78 is 16.2. The highest BCUT2D eigenvalue weighted by Gasteiger charge is 2.34. The van der Waals surface area contributed by atoms with Crippen molar-refractivity contribution in [1.82, 2.24) is 0 Å². The van der Waals surface area contributed by atoms with Crippen LogP contribution in [0.2, 0.25) is 0 Å². The predicted octanol–water partition coefficient (Wildman–Crippen LogP) is 3.15. The molecule has 28 heavy (non-hydrogen) atoms. The summed E-state index contributed by atoms with van der Waals surface area (Å²) in [4.78, 5) is 26.9. The molecule has 2 aromatic carbocycles. The standard InChI is InChI=1S/C21H24N2O5/c1-5-16-21(25)23(15-10-13(2)6-8-17(15)28-16)12-20(24)22-14-7-9-18(26-3)19(11-14)27-4/h6-11,16H,5,12H2,1-4H3,(H,22,24)/t16-/m0/s1. The van der Waals surface area contributed by atoms with Crippen LogP contribution >= 0.6 is 0 Å². The summed E-state index contributed by atoms with van der Waals surface area (Å²) in [6, 6.07) is 10.7. The number of hydrogen-bond acceptors (Lipinski definition) is 5. The van der Waals surface area contributed by atoms with Crippen molar-refractivity contribution in [2.45, 2.75) is 26.4 Å². The van der Waals surface area contributed by atoms with Gasteiger partial charge in [0.05, 0.1) is 19.9 Å². The molecule has 2 aromatic rings. The monoisotopic (exact) mass is 384 g/mol. The number of carbonyl (C=O) groups is 2. The average molecular weight is 384 g/mol. The second kappa shape index (κ2) is 8.21. The van der Waals surface area contributed by atoms with Crippen molar-refractivity contribution < 1.29 is 23.8 Å². The number of amides is 2. The SMILES string of the molecule is CC[C@@H]1Oc2ccc(C)cc2N(CC(=O)Nc2ccc(OC)c(OC)c2)C1=O. The fourth-order valence-electron chi connectivity index (χ4n) is 3.11. The molecular formula is C21H24N2O5. The zero-order chi connectivity index (χ0) is 20.3. The normalized spacial score (nSPS) is 15.5. The molecule has 1 N–H and O–H groups in total. The minimum Gasteiger partial charge on any atom is -0.493 e. The molecule has 0 aliphatic carbocycles. The Balaban J connectivity index is 1.81. The number of methoxy groups -OCH3 is 2. The lowest BCUT2D eigenvalue weighted by Gasteiger charge is -2.33. The number of benzene rings is 2. The summed E-state index contributed by atoms with van der Waals surface area (Å²) in [5.74, 6) is 1.15. The van der Waals surface area contributed by atoms with Gasteiger partial charge in [-0.2, -0.15) is 0 Å². The predicted molar refractivity (Wildman–Crippen MR) is 106 cm³/mol. The molecule has 148 valence electrons. The van der Waals surface area contributed by atoms with Gasteiger partial charge in [0.15, 0.2) is 17.6 Å². The first-order valence-electron chi connectivity index (χ1n) is 9.07. The van der Waals surface area contributed by atoms with E-state index in [9.17, 15) is 9.59 Å². The Hall–Kier alpha value is -3.22. The number of ether oxygens (including phenoxy) is 3. The molecule has 0 radical (unpaired) electrons. The van der Waals surface area contributed by atoms with Crippen molar-refractivity contribution >= 4 is 23.2 Å². The lowest BCUT2D eigenvalue weighted by Crippen LogP contribution is -2.48. The summed E-state index contributed by atoms with van der Waals surface area (Å²) >= 11 is 0. The maximum absolute atomic E-state index is 12.8. The summed E-state index contributed by atoms with van der Waals surface area (Å²) in [5, 5.41) is 2.80. The van der Waals surface area contributed by atoms with Gasteiger partial charge < -0.3 is 19.5 Å². The number of hydrogen-bond donors (Lipinski definition) is 1. The van der Waals surface area contributed by atoms with Crippen LogP contribution in [0.15, 0.2) is 36.4 Å². The molecule has 7 nitrogen and oxygen atoms in total. The molecule has 0 bridgehead atoms.